The third-order valence-electron chi connectivity index (χ3n) is 2.08. The zero-order chi connectivity index (χ0) is 12.3. The normalized spacial score (nSPS) is 10.2. The summed E-state index contributed by atoms with van der Waals surface area (Å²) in [7, 11) is 0. The Morgan fingerprint density at radius 1 is 1.41 bits per heavy atom. The largest absolute Gasteiger partial charge is 0.486 e. The Bertz CT molecular complexity index is 533. The van der Waals surface area contributed by atoms with Crippen LogP contribution in [0.5, 0.6) is 5.75 Å². The molecule has 1 aromatic carbocycles. The van der Waals surface area contributed by atoms with Gasteiger partial charge in [-0.25, -0.2) is 4.79 Å². The van der Waals surface area contributed by atoms with Crippen molar-refractivity contribution in [2.24, 2.45) is 0 Å². The van der Waals surface area contributed by atoms with Gasteiger partial charge in [0.25, 0.3) is 0 Å². The fourth-order valence-electron chi connectivity index (χ4n) is 1.28. The lowest BCUT2D eigenvalue weighted by molar-refractivity contribution is 0.0696. The molecule has 0 aliphatic heterocycles. The van der Waals surface area contributed by atoms with Crippen LogP contribution >= 0.6 is 15.9 Å². The van der Waals surface area contributed by atoms with Gasteiger partial charge in [0.2, 0.25) is 0 Å². The number of halogens is 1. The molecule has 1 heterocycles. The average molecular weight is 297 g/mol. The molecule has 4 nitrogen and oxygen atoms in total. The Labute approximate surface area is 106 Å². The van der Waals surface area contributed by atoms with Crippen molar-refractivity contribution in [3.8, 4) is 5.75 Å². The van der Waals surface area contributed by atoms with E-state index in [9.17, 15) is 4.79 Å². The molecular weight excluding hydrogens is 288 g/mol. The van der Waals surface area contributed by atoms with Crippen molar-refractivity contribution in [3.05, 3.63) is 52.4 Å². The van der Waals surface area contributed by atoms with Crippen LogP contribution in [0.3, 0.4) is 0 Å². The molecule has 5 heteroatoms. The highest BCUT2D eigenvalue weighted by Crippen LogP contribution is 2.19. The molecule has 0 spiro atoms. The van der Waals surface area contributed by atoms with E-state index in [4.69, 9.17) is 14.3 Å². The Hall–Kier alpha value is -1.75. The molecule has 0 radical (unpaired) electrons. The standard InChI is InChI=1S/C12H9BrO4/c13-9-2-1-3-10(5-9)17-7-11-4-8(6-16-11)12(14)15/h1-6H,7H2,(H,14,15). The lowest BCUT2D eigenvalue weighted by Crippen LogP contribution is -1.95. The molecular formula is C12H9BrO4. The minimum Gasteiger partial charge on any atom is -0.486 e. The maximum Gasteiger partial charge on any atom is 0.338 e. The van der Waals surface area contributed by atoms with Crippen LogP contribution in [0.2, 0.25) is 0 Å². The molecule has 0 aliphatic rings. The number of carbonyl (C=O) groups is 1. The first-order valence-corrected chi connectivity index (χ1v) is 5.63. The Morgan fingerprint density at radius 3 is 2.88 bits per heavy atom. The van der Waals surface area contributed by atoms with Gasteiger partial charge in [0.1, 0.15) is 24.4 Å². The van der Waals surface area contributed by atoms with E-state index in [1.807, 2.05) is 24.3 Å². The van der Waals surface area contributed by atoms with Crippen molar-refractivity contribution in [2.45, 2.75) is 6.61 Å². The third-order valence-corrected chi connectivity index (χ3v) is 2.57. The second-order valence-corrected chi connectivity index (χ2v) is 4.27. The van der Waals surface area contributed by atoms with Gasteiger partial charge >= 0.3 is 5.97 Å². The molecule has 1 N–H and O–H groups in total. The molecule has 0 aliphatic carbocycles. The number of furan rings is 1. The molecule has 0 saturated heterocycles. The SMILES string of the molecule is O=C(O)c1coc(COc2cccc(Br)c2)c1. The minimum atomic E-state index is -1.01. The van der Waals surface area contributed by atoms with Crippen LogP contribution in [0.4, 0.5) is 0 Å². The Kier molecular flexibility index (Phi) is 3.49. The molecule has 0 saturated carbocycles. The lowest BCUT2D eigenvalue weighted by atomic mass is 10.3. The summed E-state index contributed by atoms with van der Waals surface area (Å²) in [6.45, 7) is 0.198. The highest BCUT2D eigenvalue weighted by atomic mass is 79.9. The predicted molar refractivity (Wildman–Crippen MR) is 64.1 cm³/mol. The Morgan fingerprint density at radius 2 is 2.24 bits per heavy atom. The summed E-state index contributed by atoms with van der Waals surface area (Å²) in [4.78, 5) is 10.6. The van der Waals surface area contributed by atoms with E-state index in [2.05, 4.69) is 15.9 Å². The molecule has 2 rings (SSSR count). The zero-order valence-corrected chi connectivity index (χ0v) is 10.3. The van der Waals surface area contributed by atoms with Crippen molar-refractivity contribution in [3.63, 3.8) is 0 Å². The molecule has 0 fully saturated rings. The van der Waals surface area contributed by atoms with Gasteiger partial charge in [-0.05, 0) is 24.3 Å². The number of carboxylic acids is 1. The fraction of sp³-hybridized carbons (Fsp3) is 0.0833. The molecule has 0 atom stereocenters. The van der Waals surface area contributed by atoms with Crippen LogP contribution in [0, 0.1) is 0 Å². The summed E-state index contributed by atoms with van der Waals surface area (Å²) >= 11 is 3.33. The first-order valence-electron chi connectivity index (χ1n) is 4.84. The van der Waals surface area contributed by atoms with Crippen LogP contribution in [-0.2, 0) is 6.61 Å². The molecule has 0 unspecified atom stereocenters. The van der Waals surface area contributed by atoms with E-state index >= 15 is 0 Å². The van der Waals surface area contributed by atoms with Crippen molar-refractivity contribution in [2.75, 3.05) is 0 Å². The molecule has 2 aromatic rings. The number of hydrogen-bond donors (Lipinski definition) is 1. The van der Waals surface area contributed by atoms with Gasteiger partial charge in [0.15, 0.2) is 0 Å². The number of carboxylic acid groups (broad SMARTS) is 1. The molecule has 1 aromatic heterocycles. The highest BCUT2D eigenvalue weighted by molar-refractivity contribution is 9.10. The summed E-state index contributed by atoms with van der Waals surface area (Å²) in [6.07, 6.45) is 1.20. The van der Waals surface area contributed by atoms with E-state index in [1.165, 1.54) is 12.3 Å². The maximum absolute atomic E-state index is 10.6. The second-order valence-electron chi connectivity index (χ2n) is 3.35. The van der Waals surface area contributed by atoms with Crippen LogP contribution in [0.25, 0.3) is 0 Å². The summed E-state index contributed by atoms with van der Waals surface area (Å²) in [5.74, 6) is 0.150. The second kappa shape index (κ2) is 5.05. The molecule has 0 amide bonds. The topological polar surface area (TPSA) is 59.7 Å². The summed E-state index contributed by atoms with van der Waals surface area (Å²) in [5.41, 5.74) is 0.123. The smallest absolute Gasteiger partial charge is 0.338 e. The van der Waals surface area contributed by atoms with Crippen molar-refractivity contribution < 1.29 is 19.1 Å². The molecule has 88 valence electrons. The van der Waals surface area contributed by atoms with Crippen molar-refractivity contribution in [1.29, 1.82) is 0 Å². The van der Waals surface area contributed by atoms with E-state index in [0.29, 0.717) is 11.5 Å². The maximum atomic E-state index is 10.6. The first kappa shape index (κ1) is 11.7. The van der Waals surface area contributed by atoms with Gasteiger partial charge in [-0.15, -0.1) is 0 Å². The van der Waals surface area contributed by atoms with Crippen LogP contribution in [0.1, 0.15) is 16.1 Å². The van der Waals surface area contributed by atoms with E-state index < -0.39 is 5.97 Å². The first-order chi connectivity index (χ1) is 8.15. The highest BCUT2D eigenvalue weighted by Gasteiger charge is 2.08. The summed E-state index contributed by atoms with van der Waals surface area (Å²) < 4.78 is 11.4. The predicted octanol–water partition coefficient (Wildman–Crippen LogP) is 3.32. The van der Waals surface area contributed by atoms with E-state index in [1.54, 1.807) is 0 Å². The van der Waals surface area contributed by atoms with Crippen molar-refractivity contribution >= 4 is 21.9 Å². The van der Waals surface area contributed by atoms with Crippen LogP contribution < -0.4 is 4.74 Å². The van der Waals surface area contributed by atoms with Gasteiger partial charge < -0.3 is 14.3 Å². The zero-order valence-electron chi connectivity index (χ0n) is 8.72. The Balaban J connectivity index is 2.00. The van der Waals surface area contributed by atoms with Gasteiger partial charge in [-0.2, -0.15) is 0 Å². The van der Waals surface area contributed by atoms with Gasteiger partial charge in [0, 0.05) is 4.47 Å². The third kappa shape index (κ3) is 3.10. The van der Waals surface area contributed by atoms with E-state index in [-0.39, 0.29) is 12.2 Å². The van der Waals surface area contributed by atoms with Gasteiger partial charge in [-0.3, -0.25) is 0 Å². The van der Waals surface area contributed by atoms with E-state index in [0.717, 1.165) is 4.47 Å². The van der Waals surface area contributed by atoms with Crippen molar-refractivity contribution in [1.82, 2.24) is 0 Å². The van der Waals surface area contributed by atoms with Crippen LogP contribution in [0.15, 0.2) is 45.5 Å². The number of hydrogen-bond acceptors (Lipinski definition) is 3. The molecule has 17 heavy (non-hydrogen) atoms. The minimum absolute atomic E-state index is 0.123. The number of ether oxygens (including phenoxy) is 1. The quantitative estimate of drug-likeness (QED) is 0.940. The van der Waals surface area contributed by atoms with Gasteiger partial charge in [-0.1, -0.05) is 22.0 Å². The lowest BCUT2D eigenvalue weighted by Gasteiger charge is -2.03. The fourth-order valence-corrected chi connectivity index (χ4v) is 1.66. The average Bonchev–Trinajstić information content (AvgIpc) is 2.75. The monoisotopic (exact) mass is 296 g/mol. The summed E-state index contributed by atoms with van der Waals surface area (Å²) in [5, 5.41) is 8.71. The number of benzene rings is 1. The number of aromatic carboxylic acids is 1. The summed E-state index contributed by atoms with van der Waals surface area (Å²) in [6, 6.07) is 8.82. The molecule has 0 bridgehead atoms. The number of rotatable bonds is 4. The van der Waals surface area contributed by atoms with Crippen LogP contribution in [-0.4, -0.2) is 11.1 Å². The van der Waals surface area contributed by atoms with Gasteiger partial charge in [0.05, 0.1) is 5.56 Å².